The average Bonchev–Trinajstić information content (AvgIpc) is 2.79. The second-order valence-electron chi connectivity index (χ2n) is 4.22. The summed E-state index contributed by atoms with van der Waals surface area (Å²) in [5.41, 5.74) is 6.02. The van der Waals surface area contributed by atoms with Crippen molar-refractivity contribution in [1.29, 1.82) is 0 Å². The summed E-state index contributed by atoms with van der Waals surface area (Å²) in [7, 11) is 0. The Morgan fingerprint density at radius 2 is 2.41 bits per heavy atom. The van der Waals surface area contributed by atoms with Crippen molar-refractivity contribution in [1.82, 2.24) is 10.1 Å². The van der Waals surface area contributed by atoms with Gasteiger partial charge in [0.15, 0.2) is 5.82 Å². The predicted molar refractivity (Wildman–Crippen MR) is 60.5 cm³/mol. The predicted octanol–water partition coefficient (Wildman–Crippen LogP) is 0.998. The zero-order valence-electron chi connectivity index (χ0n) is 10.3. The lowest BCUT2D eigenvalue weighted by molar-refractivity contribution is 0.0589. The highest BCUT2D eigenvalue weighted by molar-refractivity contribution is 5.01. The summed E-state index contributed by atoms with van der Waals surface area (Å²) in [4.78, 5) is 4.34. The highest BCUT2D eigenvalue weighted by Crippen LogP contribution is 2.24. The van der Waals surface area contributed by atoms with Crippen LogP contribution in [0.3, 0.4) is 0 Å². The first-order chi connectivity index (χ1) is 8.22. The molecular formula is C11H19N3O3. The van der Waals surface area contributed by atoms with Gasteiger partial charge in [-0.15, -0.1) is 0 Å². The van der Waals surface area contributed by atoms with Gasteiger partial charge >= 0.3 is 0 Å². The van der Waals surface area contributed by atoms with E-state index in [1.807, 2.05) is 13.8 Å². The molecule has 2 rings (SSSR count). The second kappa shape index (κ2) is 5.57. The third-order valence-electron chi connectivity index (χ3n) is 2.96. The molecule has 6 heteroatoms. The van der Waals surface area contributed by atoms with E-state index in [1.54, 1.807) is 0 Å². The van der Waals surface area contributed by atoms with E-state index in [0.29, 0.717) is 31.5 Å². The molecule has 0 bridgehead atoms. The summed E-state index contributed by atoms with van der Waals surface area (Å²) in [5.74, 6) is 1.12. The number of hydrogen-bond donors (Lipinski definition) is 1. The molecule has 2 N–H and O–H groups in total. The molecule has 0 aromatic carbocycles. The maximum Gasteiger partial charge on any atom is 0.233 e. The number of hydrogen-bond acceptors (Lipinski definition) is 6. The van der Waals surface area contributed by atoms with Crippen LogP contribution in [-0.4, -0.2) is 36.0 Å². The Morgan fingerprint density at radius 3 is 3.12 bits per heavy atom. The molecule has 1 aromatic heterocycles. The van der Waals surface area contributed by atoms with Gasteiger partial charge in [0.2, 0.25) is 5.89 Å². The number of nitrogens with two attached hydrogens (primary N) is 1. The minimum absolute atomic E-state index is 0.00109. The van der Waals surface area contributed by atoms with Gasteiger partial charge in [0.25, 0.3) is 0 Å². The van der Waals surface area contributed by atoms with E-state index in [4.69, 9.17) is 19.7 Å². The van der Waals surface area contributed by atoms with Crippen molar-refractivity contribution >= 4 is 0 Å². The lowest BCUT2D eigenvalue weighted by atomic mass is 9.97. The van der Waals surface area contributed by atoms with Gasteiger partial charge in [-0.05, 0) is 20.3 Å². The third-order valence-corrected chi connectivity index (χ3v) is 2.96. The molecule has 17 heavy (non-hydrogen) atoms. The number of nitrogens with zero attached hydrogens (tertiary/aromatic N) is 2. The van der Waals surface area contributed by atoms with Gasteiger partial charge in [0, 0.05) is 19.3 Å². The summed E-state index contributed by atoms with van der Waals surface area (Å²) >= 11 is 0. The maximum atomic E-state index is 6.02. The molecule has 1 aliphatic rings. The lowest BCUT2D eigenvalue weighted by Gasteiger charge is -2.25. The fourth-order valence-electron chi connectivity index (χ4n) is 1.90. The molecule has 0 radical (unpaired) electrons. The van der Waals surface area contributed by atoms with Gasteiger partial charge in [-0.25, -0.2) is 0 Å². The molecule has 0 spiro atoms. The smallest absolute Gasteiger partial charge is 0.233 e. The number of aromatic nitrogens is 2. The standard InChI is InChI=1S/C11H19N3O3/c1-3-16-7(2)10-13-11(17-14-10)8-6-15-5-4-9(8)12/h7-9H,3-6,12H2,1-2H3. The highest BCUT2D eigenvalue weighted by atomic mass is 16.5. The first-order valence-corrected chi connectivity index (χ1v) is 6.00. The van der Waals surface area contributed by atoms with E-state index in [0.717, 1.165) is 6.42 Å². The van der Waals surface area contributed by atoms with Crippen LogP contribution in [0.25, 0.3) is 0 Å². The molecule has 1 fully saturated rings. The minimum atomic E-state index is -0.154. The Bertz CT molecular complexity index is 355. The third kappa shape index (κ3) is 2.83. The molecule has 2 heterocycles. The largest absolute Gasteiger partial charge is 0.381 e. The van der Waals surface area contributed by atoms with E-state index in [1.165, 1.54) is 0 Å². The topological polar surface area (TPSA) is 83.4 Å². The fraction of sp³-hybridized carbons (Fsp3) is 0.818. The van der Waals surface area contributed by atoms with Crippen LogP contribution >= 0.6 is 0 Å². The molecule has 1 aliphatic heterocycles. The molecule has 96 valence electrons. The van der Waals surface area contributed by atoms with Gasteiger partial charge in [0.1, 0.15) is 6.10 Å². The SMILES string of the molecule is CCOC(C)c1noc(C2COCCC2N)n1. The van der Waals surface area contributed by atoms with Crippen molar-refractivity contribution in [3.8, 4) is 0 Å². The maximum absolute atomic E-state index is 6.02. The van der Waals surface area contributed by atoms with Crippen molar-refractivity contribution < 1.29 is 14.0 Å². The van der Waals surface area contributed by atoms with Crippen LogP contribution in [0, 0.1) is 0 Å². The van der Waals surface area contributed by atoms with Gasteiger partial charge < -0.3 is 19.7 Å². The van der Waals surface area contributed by atoms with Crippen LogP contribution in [0.15, 0.2) is 4.52 Å². The van der Waals surface area contributed by atoms with Crippen molar-refractivity contribution in [2.45, 2.75) is 38.3 Å². The van der Waals surface area contributed by atoms with Crippen LogP contribution in [0.1, 0.15) is 44.0 Å². The summed E-state index contributed by atoms with van der Waals surface area (Å²) in [6, 6.07) is 0.0273. The normalized spacial score (nSPS) is 27.0. The van der Waals surface area contributed by atoms with E-state index in [-0.39, 0.29) is 18.1 Å². The Labute approximate surface area is 100 Å². The molecule has 1 aromatic rings. The lowest BCUT2D eigenvalue weighted by Crippen LogP contribution is -2.37. The Balaban J connectivity index is 2.06. The van der Waals surface area contributed by atoms with Gasteiger partial charge in [-0.3, -0.25) is 0 Å². The molecule has 3 atom stereocenters. The van der Waals surface area contributed by atoms with E-state index >= 15 is 0 Å². The average molecular weight is 241 g/mol. The van der Waals surface area contributed by atoms with Crippen molar-refractivity contribution in [3.05, 3.63) is 11.7 Å². The van der Waals surface area contributed by atoms with E-state index < -0.39 is 0 Å². The molecule has 1 saturated heterocycles. The summed E-state index contributed by atoms with van der Waals surface area (Å²) < 4.78 is 16.0. The van der Waals surface area contributed by atoms with Gasteiger partial charge in [-0.2, -0.15) is 4.98 Å². The molecule has 0 saturated carbocycles. The summed E-state index contributed by atoms with van der Waals surface area (Å²) in [5, 5.41) is 3.92. The number of ether oxygens (including phenoxy) is 2. The van der Waals surface area contributed by atoms with Crippen LogP contribution in [0.5, 0.6) is 0 Å². The first kappa shape index (κ1) is 12.5. The van der Waals surface area contributed by atoms with Crippen LogP contribution in [0.4, 0.5) is 0 Å². The molecule has 0 aliphatic carbocycles. The second-order valence-corrected chi connectivity index (χ2v) is 4.22. The fourth-order valence-corrected chi connectivity index (χ4v) is 1.90. The quantitative estimate of drug-likeness (QED) is 0.846. The highest BCUT2D eigenvalue weighted by Gasteiger charge is 2.29. The zero-order chi connectivity index (χ0) is 12.3. The van der Waals surface area contributed by atoms with E-state index in [2.05, 4.69) is 10.1 Å². The van der Waals surface area contributed by atoms with Crippen LogP contribution in [-0.2, 0) is 9.47 Å². The minimum Gasteiger partial charge on any atom is -0.381 e. The summed E-state index contributed by atoms with van der Waals surface area (Å²) in [6.45, 7) is 5.70. The number of rotatable bonds is 4. The molecular weight excluding hydrogens is 222 g/mol. The van der Waals surface area contributed by atoms with Crippen molar-refractivity contribution in [3.63, 3.8) is 0 Å². The van der Waals surface area contributed by atoms with Crippen LogP contribution in [0.2, 0.25) is 0 Å². The monoisotopic (exact) mass is 241 g/mol. The first-order valence-electron chi connectivity index (χ1n) is 6.00. The zero-order valence-corrected chi connectivity index (χ0v) is 10.3. The van der Waals surface area contributed by atoms with Crippen molar-refractivity contribution in [2.75, 3.05) is 19.8 Å². The van der Waals surface area contributed by atoms with E-state index in [9.17, 15) is 0 Å². The van der Waals surface area contributed by atoms with Gasteiger partial charge in [0.05, 0.1) is 12.5 Å². The summed E-state index contributed by atoms with van der Waals surface area (Å²) in [6.07, 6.45) is 0.668. The van der Waals surface area contributed by atoms with Crippen LogP contribution < -0.4 is 5.73 Å². The Kier molecular flexibility index (Phi) is 4.09. The van der Waals surface area contributed by atoms with Crippen molar-refractivity contribution in [2.24, 2.45) is 5.73 Å². The van der Waals surface area contributed by atoms with Gasteiger partial charge in [-0.1, -0.05) is 5.16 Å². The Morgan fingerprint density at radius 1 is 1.59 bits per heavy atom. The Hall–Kier alpha value is -0.980. The molecule has 3 unspecified atom stereocenters. The molecule has 0 amide bonds. The molecule has 6 nitrogen and oxygen atoms in total.